The second kappa shape index (κ2) is 5.45. The molecule has 0 bridgehead atoms. The lowest BCUT2D eigenvalue weighted by Gasteiger charge is -2.13. The highest BCUT2D eigenvalue weighted by molar-refractivity contribution is 5.27. The summed E-state index contributed by atoms with van der Waals surface area (Å²) in [6, 6.07) is 7.70. The monoisotopic (exact) mass is 260 g/mol. The van der Waals surface area contributed by atoms with E-state index in [1.54, 1.807) is 6.20 Å². The molecular weight excluding hydrogens is 240 g/mol. The molecule has 0 aliphatic heterocycles. The van der Waals surface area contributed by atoms with Crippen LogP contribution in [0.5, 0.6) is 5.75 Å². The molecule has 4 heteroatoms. The summed E-state index contributed by atoms with van der Waals surface area (Å²) in [6.07, 6.45) is 1.76. The number of rotatable bonds is 4. The van der Waals surface area contributed by atoms with Crippen molar-refractivity contribution in [3.8, 4) is 5.75 Å². The molecule has 1 heterocycles. The number of hydrogen-bond donors (Lipinski definition) is 1. The topological polar surface area (TPSA) is 61.3 Å². The van der Waals surface area contributed by atoms with Gasteiger partial charge in [-0.3, -0.25) is 0 Å². The third-order valence-corrected chi connectivity index (χ3v) is 2.81. The van der Waals surface area contributed by atoms with Crippen molar-refractivity contribution in [3.05, 3.63) is 47.7 Å². The molecule has 2 N–H and O–H groups in total. The van der Waals surface area contributed by atoms with Crippen LogP contribution in [0.25, 0.3) is 0 Å². The van der Waals surface area contributed by atoms with Crippen molar-refractivity contribution < 1.29 is 9.15 Å². The first-order chi connectivity index (χ1) is 8.99. The van der Waals surface area contributed by atoms with E-state index in [2.05, 4.69) is 25.8 Å². The predicted molar refractivity (Wildman–Crippen MR) is 73.9 cm³/mol. The molecule has 0 saturated carbocycles. The fraction of sp³-hybridized carbons (Fsp3) is 0.400. The van der Waals surface area contributed by atoms with Crippen molar-refractivity contribution in [1.29, 1.82) is 0 Å². The first-order valence-electron chi connectivity index (χ1n) is 6.36. The van der Waals surface area contributed by atoms with Crippen LogP contribution in [0.4, 0.5) is 0 Å². The normalized spacial score (nSPS) is 11.6. The molecule has 1 aromatic heterocycles. The van der Waals surface area contributed by atoms with Crippen molar-refractivity contribution in [1.82, 2.24) is 4.98 Å². The number of hydrogen-bond acceptors (Lipinski definition) is 4. The summed E-state index contributed by atoms with van der Waals surface area (Å²) in [5, 5.41) is 0. The Morgan fingerprint density at radius 1 is 1.21 bits per heavy atom. The Morgan fingerprint density at radius 3 is 2.42 bits per heavy atom. The van der Waals surface area contributed by atoms with Crippen LogP contribution in [0, 0.1) is 0 Å². The van der Waals surface area contributed by atoms with E-state index in [-0.39, 0.29) is 5.41 Å². The molecule has 0 fully saturated rings. The van der Waals surface area contributed by atoms with Crippen LogP contribution in [-0.4, -0.2) is 4.98 Å². The van der Waals surface area contributed by atoms with Crippen LogP contribution in [0.1, 0.15) is 38.0 Å². The zero-order valence-corrected chi connectivity index (χ0v) is 11.6. The first-order valence-corrected chi connectivity index (χ1v) is 6.36. The minimum atomic E-state index is -0.0337. The van der Waals surface area contributed by atoms with Gasteiger partial charge in [0.25, 0.3) is 0 Å². The lowest BCUT2D eigenvalue weighted by atomic mass is 9.94. The van der Waals surface area contributed by atoms with Crippen LogP contribution in [-0.2, 0) is 18.6 Å². The molecule has 0 unspecified atom stereocenters. The van der Waals surface area contributed by atoms with Gasteiger partial charge in [0.2, 0.25) is 5.89 Å². The van der Waals surface area contributed by atoms with Crippen molar-refractivity contribution in [2.75, 3.05) is 0 Å². The SMILES string of the molecule is CC(C)(C)c1cnc(COc2ccc(CN)cc2)o1. The highest BCUT2D eigenvalue weighted by Crippen LogP contribution is 2.23. The summed E-state index contributed by atoms with van der Waals surface area (Å²) in [6.45, 7) is 7.13. The Labute approximate surface area is 113 Å². The zero-order chi connectivity index (χ0) is 13.9. The van der Waals surface area contributed by atoms with Gasteiger partial charge in [-0.2, -0.15) is 0 Å². The second-order valence-corrected chi connectivity index (χ2v) is 5.51. The minimum Gasteiger partial charge on any atom is -0.484 e. The lowest BCUT2D eigenvalue weighted by Crippen LogP contribution is -2.09. The molecule has 4 nitrogen and oxygen atoms in total. The Morgan fingerprint density at radius 2 is 1.89 bits per heavy atom. The maximum atomic E-state index is 5.66. The van der Waals surface area contributed by atoms with Gasteiger partial charge in [-0.25, -0.2) is 4.98 Å². The highest BCUT2D eigenvalue weighted by atomic mass is 16.5. The van der Waals surface area contributed by atoms with Gasteiger partial charge in [-0.05, 0) is 17.7 Å². The van der Waals surface area contributed by atoms with Crippen molar-refractivity contribution in [3.63, 3.8) is 0 Å². The Bertz CT molecular complexity index is 524. The minimum absolute atomic E-state index is 0.0337. The molecule has 0 saturated heterocycles. The van der Waals surface area contributed by atoms with Crippen molar-refractivity contribution in [2.24, 2.45) is 5.73 Å². The van der Waals surface area contributed by atoms with E-state index in [4.69, 9.17) is 14.9 Å². The maximum Gasteiger partial charge on any atom is 0.232 e. The van der Waals surface area contributed by atoms with Gasteiger partial charge in [0.05, 0.1) is 6.20 Å². The number of aromatic nitrogens is 1. The van der Waals surface area contributed by atoms with E-state index in [0.29, 0.717) is 19.0 Å². The van der Waals surface area contributed by atoms with Crippen molar-refractivity contribution in [2.45, 2.75) is 39.3 Å². The van der Waals surface area contributed by atoms with E-state index in [1.807, 2.05) is 24.3 Å². The average Bonchev–Trinajstić information content (AvgIpc) is 2.86. The molecule has 1 aromatic carbocycles. The van der Waals surface area contributed by atoms with Crippen LogP contribution in [0.15, 0.2) is 34.9 Å². The fourth-order valence-corrected chi connectivity index (χ4v) is 1.59. The standard InChI is InChI=1S/C15H20N2O2/c1-15(2,3)13-9-17-14(19-13)10-18-12-6-4-11(8-16)5-7-12/h4-7,9H,8,10,16H2,1-3H3. The molecular formula is C15H20N2O2. The van der Waals surface area contributed by atoms with Gasteiger partial charge < -0.3 is 14.9 Å². The number of benzene rings is 1. The largest absolute Gasteiger partial charge is 0.484 e. The maximum absolute atomic E-state index is 5.66. The van der Waals surface area contributed by atoms with Crippen molar-refractivity contribution >= 4 is 0 Å². The molecule has 0 amide bonds. The van der Waals surface area contributed by atoms with E-state index < -0.39 is 0 Å². The van der Waals surface area contributed by atoms with Gasteiger partial charge in [-0.15, -0.1) is 0 Å². The molecule has 0 spiro atoms. The predicted octanol–water partition coefficient (Wildman–Crippen LogP) is 3.01. The number of ether oxygens (including phenoxy) is 1. The molecule has 0 radical (unpaired) electrons. The Hall–Kier alpha value is -1.81. The Balaban J connectivity index is 1.96. The molecule has 0 atom stereocenters. The van der Waals surface area contributed by atoms with Crippen LogP contribution in [0.3, 0.4) is 0 Å². The van der Waals surface area contributed by atoms with Gasteiger partial charge in [-0.1, -0.05) is 32.9 Å². The lowest BCUT2D eigenvalue weighted by molar-refractivity contribution is 0.252. The molecule has 0 aliphatic carbocycles. The van der Waals surface area contributed by atoms with Gasteiger partial charge in [0.15, 0.2) is 6.61 Å². The summed E-state index contributed by atoms with van der Waals surface area (Å²) in [4.78, 5) is 4.22. The number of nitrogens with zero attached hydrogens (tertiary/aromatic N) is 1. The third-order valence-electron chi connectivity index (χ3n) is 2.81. The summed E-state index contributed by atoms with van der Waals surface area (Å²) < 4.78 is 11.3. The number of oxazole rings is 1. The van der Waals surface area contributed by atoms with Gasteiger partial charge in [0.1, 0.15) is 11.5 Å². The van der Waals surface area contributed by atoms with Crippen LogP contribution >= 0.6 is 0 Å². The smallest absolute Gasteiger partial charge is 0.232 e. The Kier molecular flexibility index (Phi) is 3.90. The second-order valence-electron chi connectivity index (χ2n) is 5.51. The van der Waals surface area contributed by atoms with E-state index >= 15 is 0 Å². The molecule has 19 heavy (non-hydrogen) atoms. The fourth-order valence-electron chi connectivity index (χ4n) is 1.59. The van der Waals surface area contributed by atoms with Gasteiger partial charge in [0, 0.05) is 12.0 Å². The summed E-state index contributed by atoms with van der Waals surface area (Å²) in [7, 11) is 0. The highest BCUT2D eigenvalue weighted by Gasteiger charge is 2.19. The third kappa shape index (κ3) is 3.58. The number of nitrogens with two attached hydrogens (primary N) is 1. The van der Waals surface area contributed by atoms with Crippen LogP contribution < -0.4 is 10.5 Å². The van der Waals surface area contributed by atoms with E-state index in [0.717, 1.165) is 17.1 Å². The summed E-state index contributed by atoms with van der Waals surface area (Å²) in [5.41, 5.74) is 6.59. The molecule has 2 rings (SSSR count). The quantitative estimate of drug-likeness (QED) is 0.918. The van der Waals surface area contributed by atoms with E-state index in [9.17, 15) is 0 Å². The summed E-state index contributed by atoms with van der Waals surface area (Å²) >= 11 is 0. The molecule has 102 valence electrons. The molecule has 0 aliphatic rings. The van der Waals surface area contributed by atoms with E-state index in [1.165, 1.54) is 0 Å². The summed E-state index contributed by atoms with van der Waals surface area (Å²) in [5.74, 6) is 2.24. The molecule has 2 aromatic rings. The zero-order valence-electron chi connectivity index (χ0n) is 11.6. The first kappa shape index (κ1) is 13.6. The average molecular weight is 260 g/mol. The van der Waals surface area contributed by atoms with Gasteiger partial charge >= 0.3 is 0 Å². The van der Waals surface area contributed by atoms with Crippen LogP contribution in [0.2, 0.25) is 0 Å².